The van der Waals surface area contributed by atoms with Crippen LogP contribution in [0.1, 0.15) is 36.0 Å². The maximum Gasteiger partial charge on any atom is 0.0482 e. The lowest BCUT2D eigenvalue weighted by molar-refractivity contribution is 0.634. The quantitative estimate of drug-likeness (QED) is 0.670. The second-order valence-electron chi connectivity index (χ2n) is 7.75. The number of allylic oxidation sites excluding steroid dienone is 1. The summed E-state index contributed by atoms with van der Waals surface area (Å²) in [7, 11) is 0. The van der Waals surface area contributed by atoms with Gasteiger partial charge in [-0.2, -0.15) is 0 Å². The van der Waals surface area contributed by atoms with Crippen molar-refractivity contribution < 1.29 is 0 Å². The SMILES string of the molecule is C=C1Sc2ccccc2NCCC1=Cc1cc2c3c(c1)CCCN3CCC2. The zero-order valence-electron chi connectivity index (χ0n) is 15.8. The molecule has 2 nitrogen and oxygen atoms in total. The number of thioether (sulfide) groups is 1. The zero-order chi connectivity index (χ0) is 18.2. The average Bonchev–Trinajstić information content (AvgIpc) is 2.67. The van der Waals surface area contributed by atoms with Gasteiger partial charge in [0.05, 0.1) is 0 Å². The number of hydrogen-bond acceptors (Lipinski definition) is 3. The molecule has 0 aliphatic carbocycles. The van der Waals surface area contributed by atoms with E-state index < -0.39 is 0 Å². The van der Waals surface area contributed by atoms with Crippen LogP contribution in [0.3, 0.4) is 0 Å². The number of fused-ring (bicyclic) bond motifs is 1. The van der Waals surface area contributed by atoms with Crippen molar-refractivity contribution in [2.24, 2.45) is 0 Å². The third-order valence-corrected chi connectivity index (χ3v) is 6.97. The Morgan fingerprint density at radius 2 is 1.74 bits per heavy atom. The van der Waals surface area contributed by atoms with Crippen LogP contribution < -0.4 is 10.2 Å². The van der Waals surface area contributed by atoms with Crippen LogP contribution in [0.4, 0.5) is 11.4 Å². The maximum absolute atomic E-state index is 4.40. The number of nitrogens with one attached hydrogen (secondary N) is 1. The molecule has 0 radical (unpaired) electrons. The molecule has 0 fully saturated rings. The fraction of sp³-hybridized carbons (Fsp3) is 0.333. The van der Waals surface area contributed by atoms with E-state index in [0.717, 1.165) is 13.0 Å². The van der Waals surface area contributed by atoms with E-state index >= 15 is 0 Å². The van der Waals surface area contributed by atoms with E-state index in [1.165, 1.54) is 65.4 Å². The monoisotopic (exact) mass is 374 g/mol. The number of anilines is 2. The fourth-order valence-corrected chi connectivity index (χ4v) is 5.59. The van der Waals surface area contributed by atoms with E-state index in [1.807, 2.05) is 0 Å². The van der Waals surface area contributed by atoms with Crippen LogP contribution in [0.15, 0.2) is 58.4 Å². The first-order valence-corrected chi connectivity index (χ1v) is 10.9. The number of benzene rings is 2. The molecular formula is C24H26N2S. The summed E-state index contributed by atoms with van der Waals surface area (Å²) in [5, 5.41) is 3.58. The Kier molecular flexibility index (Phi) is 4.48. The zero-order valence-corrected chi connectivity index (χ0v) is 16.6. The van der Waals surface area contributed by atoms with E-state index in [4.69, 9.17) is 0 Å². The molecule has 1 N–H and O–H groups in total. The van der Waals surface area contributed by atoms with Gasteiger partial charge in [0.2, 0.25) is 0 Å². The molecule has 3 aliphatic heterocycles. The van der Waals surface area contributed by atoms with Crippen molar-refractivity contribution in [3.05, 3.63) is 70.1 Å². The smallest absolute Gasteiger partial charge is 0.0482 e. The summed E-state index contributed by atoms with van der Waals surface area (Å²) in [5.74, 6) is 0. The maximum atomic E-state index is 4.40. The molecule has 0 saturated heterocycles. The van der Waals surface area contributed by atoms with Crippen LogP contribution in [0, 0.1) is 0 Å². The Hall–Kier alpha value is -2.13. The molecule has 5 rings (SSSR count). The van der Waals surface area contributed by atoms with Gasteiger partial charge < -0.3 is 10.2 Å². The molecule has 2 aromatic rings. The lowest BCUT2D eigenvalue weighted by Crippen LogP contribution is -2.34. The van der Waals surface area contributed by atoms with E-state index in [-0.39, 0.29) is 0 Å². The fourth-order valence-electron chi connectivity index (χ4n) is 4.64. The van der Waals surface area contributed by atoms with Crippen LogP contribution in [0.2, 0.25) is 0 Å². The number of aryl methyl sites for hydroxylation is 2. The first-order chi connectivity index (χ1) is 13.3. The van der Waals surface area contributed by atoms with Crippen molar-refractivity contribution in [3.8, 4) is 0 Å². The highest BCUT2D eigenvalue weighted by atomic mass is 32.2. The molecule has 2 aromatic carbocycles. The lowest BCUT2D eigenvalue weighted by atomic mass is 9.89. The van der Waals surface area contributed by atoms with Gasteiger partial charge in [-0.25, -0.2) is 0 Å². The minimum atomic E-state index is 0.952. The van der Waals surface area contributed by atoms with Crippen molar-refractivity contribution in [2.45, 2.75) is 37.0 Å². The molecule has 0 amide bonds. The second-order valence-corrected chi connectivity index (χ2v) is 8.89. The summed E-state index contributed by atoms with van der Waals surface area (Å²) >= 11 is 1.79. The van der Waals surface area contributed by atoms with Crippen LogP contribution in [0.5, 0.6) is 0 Å². The first-order valence-electron chi connectivity index (χ1n) is 10.1. The highest BCUT2D eigenvalue weighted by Crippen LogP contribution is 2.40. The Bertz CT molecular complexity index is 897. The number of nitrogens with zero attached hydrogens (tertiary/aromatic N) is 1. The van der Waals surface area contributed by atoms with Crippen LogP contribution >= 0.6 is 11.8 Å². The van der Waals surface area contributed by atoms with Crippen molar-refractivity contribution in [1.82, 2.24) is 0 Å². The van der Waals surface area contributed by atoms with Crippen LogP contribution in [0.25, 0.3) is 6.08 Å². The molecule has 0 saturated carbocycles. The van der Waals surface area contributed by atoms with E-state index in [9.17, 15) is 0 Å². The minimum absolute atomic E-state index is 0.952. The number of hydrogen-bond donors (Lipinski definition) is 1. The summed E-state index contributed by atoms with van der Waals surface area (Å²) in [4.78, 5) is 5.06. The molecule has 3 heterocycles. The average molecular weight is 375 g/mol. The normalized spacial score (nSPS) is 20.4. The number of rotatable bonds is 1. The summed E-state index contributed by atoms with van der Waals surface area (Å²) in [6.45, 7) is 7.83. The van der Waals surface area contributed by atoms with Crippen LogP contribution in [-0.2, 0) is 12.8 Å². The molecule has 138 valence electrons. The summed E-state index contributed by atoms with van der Waals surface area (Å²) in [6, 6.07) is 13.4. The van der Waals surface area contributed by atoms with Gasteiger partial charge in [-0.1, -0.05) is 36.5 Å². The van der Waals surface area contributed by atoms with Gasteiger partial charge in [-0.15, -0.1) is 0 Å². The Balaban J connectivity index is 1.49. The van der Waals surface area contributed by atoms with Gasteiger partial charge in [0, 0.05) is 40.8 Å². The lowest BCUT2D eigenvalue weighted by Gasteiger charge is -2.37. The highest BCUT2D eigenvalue weighted by Gasteiger charge is 2.24. The van der Waals surface area contributed by atoms with Gasteiger partial charge in [-0.3, -0.25) is 0 Å². The van der Waals surface area contributed by atoms with Gasteiger partial charge in [0.15, 0.2) is 0 Å². The standard InChI is InChI=1S/C24H26N2S/c1-17-19(10-11-25-22-8-2-3-9-23(22)27-17)14-18-15-20-6-4-12-26-13-5-7-21(16-18)24(20)26/h2-3,8-9,14-16,25H,1,4-7,10-13H2. The Morgan fingerprint density at radius 3 is 2.52 bits per heavy atom. The van der Waals surface area contributed by atoms with E-state index in [2.05, 4.69) is 59.3 Å². The molecule has 0 spiro atoms. The van der Waals surface area contributed by atoms with Gasteiger partial charge in [0.1, 0.15) is 0 Å². The van der Waals surface area contributed by atoms with E-state index in [0.29, 0.717) is 0 Å². The molecule has 0 unspecified atom stereocenters. The first kappa shape index (κ1) is 17.0. The molecule has 27 heavy (non-hydrogen) atoms. The van der Waals surface area contributed by atoms with Crippen molar-refractivity contribution in [3.63, 3.8) is 0 Å². The summed E-state index contributed by atoms with van der Waals surface area (Å²) < 4.78 is 0. The minimum Gasteiger partial charge on any atom is -0.384 e. The molecular weight excluding hydrogens is 348 g/mol. The summed E-state index contributed by atoms with van der Waals surface area (Å²) in [6.07, 6.45) is 8.42. The molecule has 0 aromatic heterocycles. The molecule has 0 atom stereocenters. The predicted molar refractivity (Wildman–Crippen MR) is 118 cm³/mol. The van der Waals surface area contributed by atoms with Crippen molar-refractivity contribution in [1.29, 1.82) is 0 Å². The van der Waals surface area contributed by atoms with Gasteiger partial charge in [-0.05, 0) is 78.6 Å². The highest BCUT2D eigenvalue weighted by molar-refractivity contribution is 8.03. The Morgan fingerprint density at radius 1 is 1.00 bits per heavy atom. The predicted octanol–water partition coefficient (Wildman–Crippen LogP) is 5.89. The van der Waals surface area contributed by atoms with E-state index in [1.54, 1.807) is 28.6 Å². The van der Waals surface area contributed by atoms with Gasteiger partial charge >= 0.3 is 0 Å². The summed E-state index contributed by atoms with van der Waals surface area (Å²) in [5.41, 5.74) is 8.60. The topological polar surface area (TPSA) is 15.3 Å². The van der Waals surface area contributed by atoms with Crippen molar-refractivity contribution in [2.75, 3.05) is 29.9 Å². The number of para-hydroxylation sites is 1. The molecule has 0 bridgehead atoms. The third-order valence-electron chi connectivity index (χ3n) is 5.88. The Labute approximate surface area is 166 Å². The third kappa shape index (κ3) is 3.29. The van der Waals surface area contributed by atoms with Gasteiger partial charge in [0.25, 0.3) is 0 Å². The van der Waals surface area contributed by atoms with Crippen molar-refractivity contribution >= 4 is 29.2 Å². The molecule has 3 heteroatoms. The van der Waals surface area contributed by atoms with Crippen LogP contribution in [-0.4, -0.2) is 19.6 Å². The largest absolute Gasteiger partial charge is 0.384 e. The second kappa shape index (κ2) is 7.12. The molecule has 3 aliphatic rings.